The number of nitrogens with zero attached hydrogens (tertiary/aromatic N) is 1. The van der Waals surface area contributed by atoms with Crippen molar-refractivity contribution in [2.24, 2.45) is 5.92 Å². The van der Waals surface area contributed by atoms with E-state index in [1.165, 1.54) is 25.7 Å². The highest BCUT2D eigenvalue weighted by Gasteiger charge is 2.24. The highest BCUT2D eigenvalue weighted by atomic mass is 16.4. The highest BCUT2D eigenvalue weighted by molar-refractivity contribution is 5.05. The standard InChI is InChI=1S/C12H18N2O/c1-2-10(3-1)11-8-14-12(15-11)6-9-4-5-13-7-9/h8-10,13H,1-7H2. The van der Waals surface area contributed by atoms with Crippen LogP contribution >= 0.6 is 0 Å². The minimum absolute atomic E-state index is 0.674. The molecule has 82 valence electrons. The smallest absolute Gasteiger partial charge is 0.194 e. The number of rotatable bonds is 3. The quantitative estimate of drug-likeness (QED) is 0.823. The van der Waals surface area contributed by atoms with E-state index in [9.17, 15) is 0 Å². The molecule has 3 nitrogen and oxygen atoms in total. The molecule has 1 aromatic rings. The Morgan fingerprint density at radius 1 is 1.40 bits per heavy atom. The fourth-order valence-electron chi connectivity index (χ4n) is 2.44. The molecule has 1 N–H and O–H groups in total. The summed E-state index contributed by atoms with van der Waals surface area (Å²) < 4.78 is 5.81. The van der Waals surface area contributed by atoms with Gasteiger partial charge in [-0.1, -0.05) is 6.42 Å². The third-order valence-corrected chi connectivity index (χ3v) is 3.70. The van der Waals surface area contributed by atoms with Gasteiger partial charge in [0.1, 0.15) is 5.76 Å². The number of hydrogen-bond donors (Lipinski definition) is 1. The Hall–Kier alpha value is -0.830. The van der Waals surface area contributed by atoms with Crippen molar-refractivity contribution >= 4 is 0 Å². The molecule has 2 fully saturated rings. The molecule has 0 radical (unpaired) electrons. The van der Waals surface area contributed by atoms with E-state index in [0.29, 0.717) is 5.92 Å². The average molecular weight is 206 g/mol. The molecule has 3 heteroatoms. The zero-order valence-corrected chi connectivity index (χ0v) is 9.04. The summed E-state index contributed by atoms with van der Waals surface area (Å²) in [6, 6.07) is 0. The SMILES string of the molecule is c1nc(CC2CCNC2)oc1C1CCC1. The van der Waals surface area contributed by atoms with E-state index >= 15 is 0 Å². The summed E-state index contributed by atoms with van der Waals surface area (Å²) in [5.41, 5.74) is 0. The molecular weight excluding hydrogens is 188 g/mol. The summed E-state index contributed by atoms with van der Waals surface area (Å²) in [7, 11) is 0. The van der Waals surface area contributed by atoms with Gasteiger partial charge in [-0.2, -0.15) is 0 Å². The lowest BCUT2D eigenvalue weighted by Crippen LogP contribution is -2.11. The van der Waals surface area contributed by atoms with E-state index in [-0.39, 0.29) is 0 Å². The zero-order valence-electron chi connectivity index (χ0n) is 9.04. The average Bonchev–Trinajstić information content (AvgIpc) is 2.75. The second-order valence-corrected chi connectivity index (χ2v) is 4.85. The fraction of sp³-hybridized carbons (Fsp3) is 0.750. The third-order valence-electron chi connectivity index (χ3n) is 3.70. The zero-order chi connectivity index (χ0) is 10.1. The Bertz CT molecular complexity index is 324. The fourth-order valence-corrected chi connectivity index (χ4v) is 2.44. The van der Waals surface area contributed by atoms with Crippen LogP contribution in [0.5, 0.6) is 0 Å². The molecule has 0 bridgehead atoms. The van der Waals surface area contributed by atoms with Crippen molar-refractivity contribution in [1.82, 2.24) is 10.3 Å². The first-order valence-electron chi connectivity index (χ1n) is 6.07. The molecule has 3 rings (SSSR count). The van der Waals surface area contributed by atoms with Gasteiger partial charge in [0.15, 0.2) is 5.89 Å². The van der Waals surface area contributed by atoms with E-state index < -0.39 is 0 Å². The van der Waals surface area contributed by atoms with Crippen LogP contribution in [0, 0.1) is 5.92 Å². The van der Waals surface area contributed by atoms with Crippen LogP contribution in [0.1, 0.15) is 43.3 Å². The predicted octanol–water partition coefficient (Wildman–Crippen LogP) is 2.09. The monoisotopic (exact) mass is 206 g/mol. The largest absolute Gasteiger partial charge is 0.445 e. The molecule has 1 aliphatic heterocycles. The van der Waals surface area contributed by atoms with Gasteiger partial charge in [-0.3, -0.25) is 0 Å². The van der Waals surface area contributed by atoms with E-state index in [1.807, 2.05) is 6.20 Å². The van der Waals surface area contributed by atoms with Crippen molar-refractivity contribution in [3.05, 3.63) is 17.8 Å². The summed E-state index contributed by atoms with van der Waals surface area (Å²) in [6.07, 6.45) is 8.16. The normalized spacial score (nSPS) is 26.8. The van der Waals surface area contributed by atoms with Gasteiger partial charge in [-0.15, -0.1) is 0 Å². The topological polar surface area (TPSA) is 38.1 Å². The maximum Gasteiger partial charge on any atom is 0.194 e. The Kier molecular flexibility index (Phi) is 2.49. The number of hydrogen-bond acceptors (Lipinski definition) is 3. The van der Waals surface area contributed by atoms with Crippen LogP contribution in [0.2, 0.25) is 0 Å². The van der Waals surface area contributed by atoms with Gasteiger partial charge in [0.2, 0.25) is 0 Å². The molecule has 1 aliphatic carbocycles. The summed E-state index contributed by atoms with van der Waals surface area (Å²) in [6.45, 7) is 2.28. The van der Waals surface area contributed by atoms with E-state index in [2.05, 4.69) is 10.3 Å². The first-order valence-corrected chi connectivity index (χ1v) is 6.07. The van der Waals surface area contributed by atoms with Crippen molar-refractivity contribution in [2.45, 2.75) is 38.0 Å². The van der Waals surface area contributed by atoms with Crippen molar-refractivity contribution in [2.75, 3.05) is 13.1 Å². The Morgan fingerprint density at radius 2 is 2.33 bits per heavy atom. The molecule has 2 heterocycles. The molecule has 1 unspecified atom stereocenters. The van der Waals surface area contributed by atoms with Gasteiger partial charge in [0.05, 0.1) is 6.20 Å². The van der Waals surface area contributed by atoms with E-state index in [0.717, 1.165) is 37.1 Å². The van der Waals surface area contributed by atoms with E-state index in [1.54, 1.807) is 0 Å². The molecule has 1 saturated heterocycles. The van der Waals surface area contributed by atoms with Gasteiger partial charge in [-0.25, -0.2) is 4.98 Å². The Morgan fingerprint density at radius 3 is 3.00 bits per heavy atom. The molecule has 0 aromatic carbocycles. The van der Waals surface area contributed by atoms with Gasteiger partial charge in [0.25, 0.3) is 0 Å². The molecule has 1 atom stereocenters. The molecule has 0 amide bonds. The first kappa shape index (κ1) is 9.40. The summed E-state index contributed by atoms with van der Waals surface area (Å²) in [5.74, 6) is 3.48. The molecule has 1 saturated carbocycles. The summed E-state index contributed by atoms with van der Waals surface area (Å²) in [5, 5.41) is 3.38. The number of aromatic nitrogens is 1. The minimum atomic E-state index is 0.674. The van der Waals surface area contributed by atoms with Crippen molar-refractivity contribution in [3.63, 3.8) is 0 Å². The molecule has 0 spiro atoms. The van der Waals surface area contributed by atoms with Crippen LogP contribution in [-0.4, -0.2) is 18.1 Å². The van der Waals surface area contributed by atoms with Crippen LogP contribution in [0.15, 0.2) is 10.6 Å². The lowest BCUT2D eigenvalue weighted by Gasteiger charge is -2.22. The van der Waals surface area contributed by atoms with Crippen LogP contribution in [0.25, 0.3) is 0 Å². The third kappa shape index (κ3) is 1.93. The number of nitrogens with one attached hydrogen (secondary N) is 1. The number of oxazole rings is 1. The lowest BCUT2D eigenvalue weighted by atomic mass is 9.84. The predicted molar refractivity (Wildman–Crippen MR) is 57.8 cm³/mol. The summed E-state index contributed by atoms with van der Waals surface area (Å²) in [4.78, 5) is 4.39. The Labute approximate surface area is 90.3 Å². The van der Waals surface area contributed by atoms with Crippen molar-refractivity contribution in [1.29, 1.82) is 0 Å². The van der Waals surface area contributed by atoms with Crippen LogP contribution in [0.4, 0.5) is 0 Å². The Balaban J connectivity index is 1.62. The minimum Gasteiger partial charge on any atom is -0.445 e. The van der Waals surface area contributed by atoms with Gasteiger partial charge >= 0.3 is 0 Å². The van der Waals surface area contributed by atoms with Crippen LogP contribution < -0.4 is 5.32 Å². The van der Waals surface area contributed by atoms with Crippen LogP contribution in [0.3, 0.4) is 0 Å². The highest BCUT2D eigenvalue weighted by Crippen LogP contribution is 2.36. The lowest BCUT2D eigenvalue weighted by molar-refractivity contribution is 0.327. The summed E-state index contributed by atoms with van der Waals surface area (Å²) >= 11 is 0. The van der Waals surface area contributed by atoms with Crippen molar-refractivity contribution < 1.29 is 4.42 Å². The molecule has 15 heavy (non-hydrogen) atoms. The second kappa shape index (κ2) is 3.97. The maximum absolute atomic E-state index is 5.81. The van der Waals surface area contributed by atoms with Crippen LogP contribution in [-0.2, 0) is 6.42 Å². The second-order valence-electron chi connectivity index (χ2n) is 4.85. The van der Waals surface area contributed by atoms with Crippen molar-refractivity contribution in [3.8, 4) is 0 Å². The maximum atomic E-state index is 5.81. The van der Waals surface area contributed by atoms with Gasteiger partial charge in [0, 0.05) is 12.3 Å². The molecular formula is C12H18N2O. The molecule has 1 aromatic heterocycles. The first-order chi connectivity index (χ1) is 7.42. The van der Waals surface area contributed by atoms with Gasteiger partial charge < -0.3 is 9.73 Å². The molecule has 2 aliphatic rings. The van der Waals surface area contributed by atoms with Gasteiger partial charge in [-0.05, 0) is 38.3 Å². The van der Waals surface area contributed by atoms with E-state index in [4.69, 9.17) is 4.42 Å².